The van der Waals surface area contributed by atoms with E-state index >= 15 is 0 Å². The van der Waals surface area contributed by atoms with Crippen LogP contribution in [0, 0.1) is 0 Å². The molecule has 1 heterocycles. The predicted octanol–water partition coefficient (Wildman–Crippen LogP) is 1.74. The highest BCUT2D eigenvalue weighted by Gasteiger charge is 2.21. The zero-order valence-corrected chi connectivity index (χ0v) is 14.3. The fourth-order valence-corrected chi connectivity index (χ4v) is 3.28. The number of nitrogens with zero attached hydrogens (tertiary/aromatic N) is 2. The number of nitrogens with two attached hydrogens (primary N) is 1. The molecule has 0 bridgehead atoms. The molecule has 1 aliphatic rings. The number of halogens is 1. The van der Waals surface area contributed by atoms with Crippen molar-refractivity contribution in [2.45, 2.75) is 6.04 Å². The molecule has 1 fully saturated rings. The molecule has 0 radical (unpaired) electrons. The number of anilines is 1. The van der Waals surface area contributed by atoms with E-state index in [0.717, 1.165) is 41.9 Å². The van der Waals surface area contributed by atoms with Gasteiger partial charge < -0.3 is 16.0 Å². The summed E-state index contributed by atoms with van der Waals surface area (Å²) >= 11 is 8.51. The van der Waals surface area contributed by atoms with E-state index in [-0.39, 0.29) is 0 Å². The number of likely N-dealkylation sites (N-methyl/N-ethyl adjacent to an activating group) is 2. The van der Waals surface area contributed by atoms with E-state index in [9.17, 15) is 0 Å². The summed E-state index contributed by atoms with van der Waals surface area (Å²) in [5.74, 6) is 0. The van der Waals surface area contributed by atoms with Crippen LogP contribution in [0.15, 0.2) is 22.7 Å². The molecule has 6 heteroatoms. The lowest BCUT2D eigenvalue weighted by Crippen LogP contribution is -2.52. The minimum Gasteiger partial charge on any atom is -0.389 e. The average molecular weight is 357 g/mol. The number of hydrogen-bond donors (Lipinski definition) is 2. The zero-order valence-electron chi connectivity index (χ0n) is 11.9. The second-order valence-corrected chi connectivity index (χ2v) is 6.63. The first kappa shape index (κ1) is 15.7. The van der Waals surface area contributed by atoms with Gasteiger partial charge in [0.25, 0.3) is 0 Å². The summed E-state index contributed by atoms with van der Waals surface area (Å²) in [5.41, 5.74) is 7.61. The Bertz CT molecular complexity index is 494. The van der Waals surface area contributed by atoms with Gasteiger partial charge in [0.15, 0.2) is 0 Å². The second-order valence-electron chi connectivity index (χ2n) is 5.34. The molecule has 110 valence electrons. The Balaban J connectivity index is 1.97. The maximum atomic E-state index is 5.66. The van der Waals surface area contributed by atoms with Crippen molar-refractivity contribution >= 4 is 38.8 Å². The molecule has 3 N–H and O–H groups in total. The molecule has 0 amide bonds. The standard InChI is InChI=1S/C14H21BrN4S/c1-18-5-6-19(2)11(9-18)8-17-10-3-4-12(14(16)20)13(15)7-10/h3-4,7,11,17H,5-6,8-9H2,1-2H3,(H2,16,20). The Hall–Kier alpha value is -0.690. The molecule has 0 aromatic heterocycles. The topological polar surface area (TPSA) is 44.5 Å². The third kappa shape index (κ3) is 3.91. The lowest BCUT2D eigenvalue weighted by molar-refractivity contribution is 0.122. The lowest BCUT2D eigenvalue weighted by Gasteiger charge is -2.37. The summed E-state index contributed by atoms with van der Waals surface area (Å²) in [4.78, 5) is 5.20. The number of nitrogens with one attached hydrogen (secondary N) is 1. The fraction of sp³-hybridized carbons (Fsp3) is 0.500. The van der Waals surface area contributed by atoms with E-state index in [1.165, 1.54) is 0 Å². The fourth-order valence-electron chi connectivity index (χ4n) is 2.38. The monoisotopic (exact) mass is 356 g/mol. The number of hydrogen-bond acceptors (Lipinski definition) is 4. The molecular weight excluding hydrogens is 336 g/mol. The molecule has 4 nitrogen and oxygen atoms in total. The quantitative estimate of drug-likeness (QED) is 0.804. The van der Waals surface area contributed by atoms with Crippen LogP contribution in [0.4, 0.5) is 5.69 Å². The van der Waals surface area contributed by atoms with Crippen LogP contribution in [0.25, 0.3) is 0 Å². The van der Waals surface area contributed by atoms with Crippen LogP contribution in [0.1, 0.15) is 5.56 Å². The summed E-state index contributed by atoms with van der Waals surface area (Å²) in [6, 6.07) is 6.53. The van der Waals surface area contributed by atoms with E-state index in [2.05, 4.69) is 45.1 Å². The summed E-state index contributed by atoms with van der Waals surface area (Å²) in [5, 5.41) is 3.49. The first-order valence-corrected chi connectivity index (χ1v) is 7.89. The zero-order chi connectivity index (χ0) is 14.7. The normalized spacial score (nSPS) is 20.9. The van der Waals surface area contributed by atoms with Crippen molar-refractivity contribution in [3.05, 3.63) is 28.2 Å². The van der Waals surface area contributed by atoms with Gasteiger partial charge in [-0.15, -0.1) is 0 Å². The molecule has 0 spiro atoms. The van der Waals surface area contributed by atoms with Crippen molar-refractivity contribution in [3.8, 4) is 0 Å². The van der Waals surface area contributed by atoms with Gasteiger partial charge in [0.1, 0.15) is 4.99 Å². The summed E-state index contributed by atoms with van der Waals surface area (Å²) in [6.45, 7) is 4.28. The molecular formula is C14H21BrN4S. The van der Waals surface area contributed by atoms with Gasteiger partial charge in [-0.2, -0.15) is 0 Å². The van der Waals surface area contributed by atoms with Crippen molar-refractivity contribution in [2.24, 2.45) is 5.73 Å². The van der Waals surface area contributed by atoms with Crippen molar-refractivity contribution in [1.29, 1.82) is 0 Å². The van der Waals surface area contributed by atoms with Crippen molar-refractivity contribution < 1.29 is 0 Å². The Kier molecular flexibility index (Phi) is 5.37. The van der Waals surface area contributed by atoms with Gasteiger partial charge >= 0.3 is 0 Å². The van der Waals surface area contributed by atoms with Gasteiger partial charge in [-0.1, -0.05) is 12.2 Å². The predicted molar refractivity (Wildman–Crippen MR) is 92.4 cm³/mol. The largest absolute Gasteiger partial charge is 0.389 e. The molecule has 1 aliphatic heterocycles. The molecule has 1 unspecified atom stereocenters. The number of rotatable bonds is 4. The maximum Gasteiger partial charge on any atom is 0.105 e. The Labute approximate surface area is 134 Å². The summed E-state index contributed by atoms with van der Waals surface area (Å²) in [7, 11) is 4.36. The van der Waals surface area contributed by atoms with E-state index in [1.807, 2.05) is 18.2 Å². The van der Waals surface area contributed by atoms with Crippen molar-refractivity contribution in [3.63, 3.8) is 0 Å². The first-order chi connectivity index (χ1) is 9.47. The van der Waals surface area contributed by atoms with Gasteiger partial charge in [-0.25, -0.2) is 0 Å². The van der Waals surface area contributed by atoms with E-state index in [1.54, 1.807) is 0 Å². The molecule has 20 heavy (non-hydrogen) atoms. The van der Waals surface area contributed by atoms with Crippen LogP contribution in [0.3, 0.4) is 0 Å². The molecule has 1 saturated heterocycles. The molecule has 1 aromatic rings. The molecule has 0 saturated carbocycles. The van der Waals surface area contributed by atoms with Crippen LogP contribution in [-0.2, 0) is 0 Å². The van der Waals surface area contributed by atoms with Gasteiger partial charge in [-0.05, 0) is 48.2 Å². The SMILES string of the molecule is CN1CCN(C)C(CNc2ccc(C(N)=S)c(Br)c2)C1. The van der Waals surface area contributed by atoms with E-state index in [0.29, 0.717) is 11.0 Å². The average Bonchev–Trinajstić information content (AvgIpc) is 2.39. The number of benzene rings is 1. The second kappa shape index (κ2) is 6.85. The van der Waals surface area contributed by atoms with Gasteiger partial charge in [0.2, 0.25) is 0 Å². The third-order valence-corrected chi connectivity index (χ3v) is 4.63. The van der Waals surface area contributed by atoms with Crippen LogP contribution in [0.2, 0.25) is 0 Å². The minimum atomic E-state index is 0.414. The Morgan fingerprint density at radius 1 is 1.45 bits per heavy atom. The Morgan fingerprint density at radius 3 is 2.85 bits per heavy atom. The van der Waals surface area contributed by atoms with E-state index < -0.39 is 0 Å². The van der Waals surface area contributed by atoms with Crippen LogP contribution < -0.4 is 11.1 Å². The Morgan fingerprint density at radius 2 is 2.20 bits per heavy atom. The van der Waals surface area contributed by atoms with Gasteiger partial charge in [0.05, 0.1) is 0 Å². The maximum absolute atomic E-state index is 5.66. The minimum absolute atomic E-state index is 0.414. The molecule has 0 aliphatic carbocycles. The van der Waals surface area contributed by atoms with Gasteiger partial charge in [0, 0.05) is 47.9 Å². The van der Waals surface area contributed by atoms with Gasteiger partial charge in [-0.3, -0.25) is 4.90 Å². The lowest BCUT2D eigenvalue weighted by atomic mass is 10.1. The molecule has 1 aromatic carbocycles. The summed E-state index contributed by atoms with van der Waals surface area (Å²) in [6.07, 6.45) is 0. The van der Waals surface area contributed by atoms with E-state index in [4.69, 9.17) is 18.0 Å². The first-order valence-electron chi connectivity index (χ1n) is 6.69. The number of piperazine rings is 1. The summed E-state index contributed by atoms with van der Waals surface area (Å²) < 4.78 is 0.934. The molecule has 1 atom stereocenters. The van der Waals surface area contributed by atoms with Crippen molar-refractivity contribution in [1.82, 2.24) is 9.80 Å². The molecule has 2 rings (SSSR count). The van der Waals surface area contributed by atoms with Crippen LogP contribution in [-0.4, -0.2) is 61.1 Å². The van der Waals surface area contributed by atoms with Crippen molar-refractivity contribution in [2.75, 3.05) is 45.6 Å². The smallest absolute Gasteiger partial charge is 0.105 e. The number of thiocarbonyl (C=S) groups is 1. The van der Waals surface area contributed by atoms with Crippen LogP contribution in [0.5, 0.6) is 0 Å². The van der Waals surface area contributed by atoms with Crippen LogP contribution >= 0.6 is 28.1 Å². The third-order valence-electron chi connectivity index (χ3n) is 3.76. The highest BCUT2D eigenvalue weighted by molar-refractivity contribution is 9.10. The highest BCUT2D eigenvalue weighted by Crippen LogP contribution is 2.21. The highest BCUT2D eigenvalue weighted by atomic mass is 79.9.